The van der Waals surface area contributed by atoms with Crippen molar-refractivity contribution in [2.45, 2.75) is 6.04 Å². The number of carbonyl (C=O) groups excluding carboxylic acids is 2. The molecule has 1 fully saturated rings. The number of hydrogen-bond acceptors (Lipinski definition) is 7. The molecule has 0 aliphatic carbocycles. The molecule has 9 nitrogen and oxygen atoms in total. The van der Waals surface area contributed by atoms with Crippen LogP contribution in [0.5, 0.6) is 17.2 Å². The standard InChI is InChI=1S/C23H28ClN3O6/c1-30-17-5-3-15(4-6-17)19(27-7-9-32-10-8-27)13-26-23(29)16-11-18(24)22(20(12-16)31-2)33-14-21(25)28/h3-6,11-12,19H,7-10,13-14H2,1-2H3,(H2,25,28)(H,26,29)/t19-/m0/s1. The monoisotopic (exact) mass is 477 g/mol. The molecule has 0 saturated carbocycles. The lowest BCUT2D eigenvalue weighted by Gasteiger charge is -2.35. The van der Waals surface area contributed by atoms with E-state index in [9.17, 15) is 9.59 Å². The van der Waals surface area contributed by atoms with Crippen molar-refractivity contribution in [3.63, 3.8) is 0 Å². The molecule has 2 amide bonds. The van der Waals surface area contributed by atoms with E-state index in [1.165, 1.54) is 19.2 Å². The predicted molar refractivity (Wildman–Crippen MR) is 123 cm³/mol. The topological polar surface area (TPSA) is 112 Å². The molecule has 0 bridgehead atoms. The van der Waals surface area contributed by atoms with Crippen LogP contribution in [0.25, 0.3) is 0 Å². The molecule has 1 saturated heterocycles. The highest BCUT2D eigenvalue weighted by atomic mass is 35.5. The van der Waals surface area contributed by atoms with Crippen LogP contribution >= 0.6 is 11.6 Å². The molecule has 2 aromatic rings. The van der Waals surface area contributed by atoms with Crippen molar-refractivity contribution in [2.24, 2.45) is 5.73 Å². The van der Waals surface area contributed by atoms with Crippen LogP contribution in [0.4, 0.5) is 0 Å². The summed E-state index contributed by atoms with van der Waals surface area (Å²) in [6, 6.07) is 10.7. The zero-order valence-electron chi connectivity index (χ0n) is 18.6. The smallest absolute Gasteiger partial charge is 0.255 e. The Kier molecular flexibility index (Phi) is 8.76. The zero-order chi connectivity index (χ0) is 23.8. The molecule has 2 aromatic carbocycles. The molecule has 1 heterocycles. The van der Waals surface area contributed by atoms with Crippen LogP contribution in [0.3, 0.4) is 0 Å². The Morgan fingerprint density at radius 3 is 2.45 bits per heavy atom. The first-order chi connectivity index (χ1) is 15.9. The number of nitrogens with one attached hydrogen (secondary N) is 1. The van der Waals surface area contributed by atoms with Crippen LogP contribution in [0.1, 0.15) is 22.0 Å². The normalized spacial score (nSPS) is 14.9. The fourth-order valence-electron chi connectivity index (χ4n) is 3.60. The number of amides is 2. The van der Waals surface area contributed by atoms with Gasteiger partial charge in [-0.3, -0.25) is 14.5 Å². The molecule has 1 atom stereocenters. The van der Waals surface area contributed by atoms with Gasteiger partial charge in [0.25, 0.3) is 11.8 Å². The summed E-state index contributed by atoms with van der Waals surface area (Å²) in [5.74, 6) is 0.183. The average Bonchev–Trinajstić information content (AvgIpc) is 2.83. The maximum atomic E-state index is 13.0. The summed E-state index contributed by atoms with van der Waals surface area (Å²) in [5, 5.41) is 3.13. The number of benzene rings is 2. The van der Waals surface area contributed by atoms with Crippen LogP contribution in [-0.2, 0) is 9.53 Å². The van der Waals surface area contributed by atoms with E-state index in [0.717, 1.165) is 24.4 Å². The van der Waals surface area contributed by atoms with Crippen molar-refractivity contribution in [3.05, 3.63) is 52.5 Å². The van der Waals surface area contributed by atoms with Crippen molar-refractivity contribution < 1.29 is 28.5 Å². The van der Waals surface area contributed by atoms with Crippen LogP contribution < -0.4 is 25.3 Å². The Balaban J connectivity index is 1.76. The number of primary amides is 1. The van der Waals surface area contributed by atoms with E-state index in [4.69, 9.17) is 36.3 Å². The molecule has 3 N–H and O–H groups in total. The third kappa shape index (κ3) is 6.50. The number of carbonyl (C=O) groups is 2. The zero-order valence-corrected chi connectivity index (χ0v) is 19.4. The van der Waals surface area contributed by atoms with Crippen LogP contribution in [0.2, 0.25) is 5.02 Å². The van der Waals surface area contributed by atoms with Crippen LogP contribution in [-0.4, -0.2) is 70.4 Å². The maximum absolute atomic E-state index is 13.0. The number of methoxy groups -OCH3 is 2. The third-order valence-electron chi connectivity index (χ3n) is 5.29. The van der Waals surface area contributed by atoms with Crippen molar-refractivity contribution in [2.75, 3.05) is 53.7 Å². The van der Waals surface area contributed by atoms with Gasteiger partial charge in [-0.1, -0.05) is 23.7 Å². The highest BCUT2D eigenvalue weighted by Gasteiger charge is 2.24. The van der Waals surface area contributed by atoms with Gasteiger partial charge in [-0.2, -0.15) is 0 Å². The van der Waals surface area contributed by atoms with Gasteiger partial charge in [0.05, 0.1) is 38.5 Å². The summed E-state index contributed by atoms with van der Waals surface area (Å²) in [4.78, 5) is 26.3. The molecule has 1 aliphatic rings. The molecule has 0 spiro atoms. The number of nitrogens with two attached hydrogens (primary N) is 1. The van der Waals surface area contributed by atoms with Gasteiger partial charge in [0.15, 0.2) is 18.1 Å². The first kappa shape index (κ1) is 24.6. The van der Waals surface area contributed by atoms with E-state index in [-0.39, 0.29) is 35.1 Å². The summed E-state index contributed by atoms with van der Waals surface area (Å²) >= 11 is 6.28. The van der Waals surface area contributed by atoms with Crippen molar-refractivity contribution in [1.82, 2.24) is 10.2 Å². The number of nitrogens with zero attached hydrogens (tertiary/aromatic N) is 1. The Bertz CT molecular complexity index is 963. The molecule has 33 heavy (non-hydrogen) atoms. The fourth-order valence-corrected chi connectivity index (χ4v) is 3.86. The Morgan fingerprint density at radius 2 is 1.85 bits per heavy atom. The summed E-state index contributed by atoms with van der Waals surface area (Å²) in [6.07, 6.45) is 0. The molecule has 178 valence electrons. The van der Waals surface area contributed by atoms with E-state index in [0.29, 0.717) is 25.3 Å². The SMILES string of the molecule is COc1ccc([C@H](CNC(=O)c2cc(Cl)c(OCC(N)=O)c(OC)c2)N2CCOCC2)cc1. The Morgan fingerprint density at radius 1 is 1.15 bits per heavy atom. The van der Waals surface area contributed by atoms with Crippen LogP contribution in [0, 0.1) is 0 Å². The van der Waals surface area contributed by atoms with E-state index in [1.807, 2.05) is 24.3 Å². The lowest BCUT2D eigenvalue weighted by Crippen LogP contribution is -2.43. The Hall–Kier alpha value is -3.01. The summed E-state index contributed by atoms with van der Waals surface area (Å²) in [6.45, 7) is 2.83. The number of rotatable bonds is 10. The summed E-state index contributed by atoms with van der Waals surface area (Å²) in [5.41, 5.74) is 6.49. The predicted octanol–water partition coefficient (Wildman–Crippen LogP) is 2.02. The number of morpholine rings is 1. The highest BCUT2D eigenvalue weighted by molar-refractivity contribution is 6.32. The van der Waals surface area contributed by atoms with Gasteiger partial charge in [-0.25, -0.2) is 0 Å². The van der Waals surface area contributed by atoms with E-state index < -0.39 is 5.91 Å². The van der Waals surface area contributed by atoms with Gasteiger partial charge in [-0.15, -0.1) is 0 Å². The molecule has 1 aliphatic heterocycles. The van der Waals surface area contributed by atoms with Gasteiger partial charge in [-0.05, 0) is 29.8 Å². The maximum Gasteiger partial charge on any atom is 0.255 e. The third-order valence-corrected chi connectivity index (χ3v) is 5.57. The number of ether oxygens (including phenoxy) is 4. The highest BCUT2D eigenvalue weighted by Crippen LogP contribution is 2.36. The molecule has 0 unspecified atom stereocenters. The average molecular weight is 478 g/mol. The summed E-state index contributed by atoms with van der Waals surface area (Å²) < 4.78 is 21.3. The first-order valence-corrected chi connectivity index (χ1v) is 10.8. The summed E-state index contributed by atoms with van der Waals surface area (Å²) in [7, 11) is 3.04. The second-order valence-corrected chi connectivity index (χ2v) is 7.80. The van der Waals surface area contributed by atoms with Gasteiger partial charge in [0.2, 0.25) is 0 Å². The van der Waals surface area contributed by atoms with E-state index in [2.05, 4.69) is 10.2 Å². The number of hydrogen-bond donors (Lipinski definition) is 2. The first-order valence-electron chi connectivity index (χ1n) is 10.5. The van der Waals surface area contributed by atoms with E-state index in [1.54, 1.807) is 7.11 Å². The van der Waals surface area contributed by atoms with Gasteiger partial charge in [0.1, 0.15) is 5.75 Å². The molecule has 0 aromatic heterocycles. The minimum atomic E-state index is -0.650. The largest absolute Gasteiger partial charge is 0.497 e. The minimum absolute atomic E-state index is 0.0423. The lowest BCUT2D eigenvalue weighted by molar-refractivity contribution is -0.119. The minimum Gasteiger partial charge on any atom is -0.497 e. The molecule has 10 heteroatoms. The van der Waals surface area contributed by atoms with Crippen molar-refractivity contribution >= 4 is 23.4 Å². The second-order valence-electron chi connectivity index (χ2n) is 7.39. The van der Waals surface area contributed by atoms with Crippen LogP contribution in [0.15, 0.2) is 36.4 Å². The van der Waals surface area contributed by atoms with Crippen molar-refractivity contribution in [1.29, 1.82) is 0 Å². The fraction of sp³-hybridized carbons (Fsp3) is 0.391. The Labute approximate surface area is 197 Å². The second kappa shape index (κ2) is 11.7. The molecular weight excluding hydrogens is 450 g/mol. The quantitative estimate of drug-likeness (QED) is 0.538. The van der Waals surface area contributed by atoms with E-state index >= 15 is 0 Å². The molecule has 3 rings (SSSR count). The number of halogens is 1. The molecular formula is C23H28ClN3O6. The van der Waals surface area contributed by atoms with Gasteiger partial charge < -0.3 is 30.0 Å². The van der Waals surface area contributed by atoms with Gasteiger partial charge >= 0.3 is 0 Å². The lowest BCUT2D eigenvalue weighted by atomic mass is 10.0. The van der Waals surface area contributed by atoms with Gasteiger partial charge in [0, 0.05) is 25.2 Å². The molecule has 0 radical (unpaired) electrons. The van der Waals surface area contributed by atoms with Crippen molar-refractivity contribution in [3.8, 4) is 17.2 Å².